The molecule has 1 fully saturated rings. The summed E-state index contributed by atoms with van der Waals surface area (Å²) in [7, 11) is 1.78. The fourth-order valence-corrected chi connectivity index (χ4v) is 3.01. The van der Waals surface area contributed by atoms with Gasteiger partial charge in [0.25, 0.3) is 0 Å². The van der Waals surface area contributed by atoms with Crippen LogP contribution in [0.4, 0.5) is 5.82 Å². The molecule has 2 aromatic heterocycles. The highest BCUT2D eigenvalue weighted by Gasteiger charge is 2.15. The van der Waals surface area contributed by atoms with Gasteiger partial charge >= 0.3 is 0 Å². The van der Waals surface area contributed by atoms with Gasteiger partial charge in [0, 0.05) is 37.8 Å². The monoisotopic (exact) mass is 342 g/mol. The van der Waals surface area contributed by atoms with Crippen LogP contribution >= 0.6 is 0 Å². The van der Waals surface area contributed by atoms with Crippen molar-refractivity contribution in [1.82, 2.24) is 19.7 Å². The molecule has 2 N–H and O–H groups in total. The van der Waals surface area contributed by atoms with Crippen LogP contribution in [0.1, 0.15) is 39.3 Å². The van der Waals surface area contributed by atoms with Gasteiger partial charge in [-0.2, -0.15) is 0 Å². The van der Waals surface area contributed by atoms with Crippen molar-refractivity contribution < 1.29 is 0 Å². The standard InChI is InChI=1S/C17H24N6.C2H6/c1-3-14(11-18-2)15-12-22-17-16(20-8-9-23(15)17)21-10-13-4-6-19-7-5-13;1-2/h3,8-9,11-13,19H,4-7,10H2,1-2H3,(H,20,21);1-2H3/b14-3+,18-11?;. The first kappa shape index (κ1) is 19.1. The maximum atomic E-state index is 4.56. The van der Waals surface area contributed by atoms with E-state index in [-0.39, 0.29) is 0 Å². The minimum absolute atomic E-state index is 0.700. The zero-order chi connectivity index (χ0) is 18.1. The highest BCUT2D eigenvalue weighted by atomic mass is 15.1. The number of nitrogens with zero attached hydrogens (tertiary/aromatic N) is 4. The summed E-state index contributed by atoms with van der Waals surface area (Å²) in [4.78, 5) is 13.1. The summed E-state index contributed by atoms with van der Waals surface area (Å²) >= 11 is 0. The van der Waals surface area contributed by atoms with Crippen LogP contribution in [0, 0.1) is 5.92 Å². The second kappa shape index (κ2) is 9.93. The van der Waals surface area contributed by atoms with Crippen LogP contribution in [-0.4, -0.2) is 47.3 Å². The van der Waals surface area contributed by atoms with E-state index >= 15 is 0 Å². The van der Waals surface area contributed by atoms with E-state index in [2.05, 4.69) is 30.0 Å². The Morgan fingerprint density at radius 1 is 1.36 bits per heavy atom. The fraction of sp³-hybridized carbons (Fsp3) is 0.526. The van der Waals surface area contributed by atoms with E-state index in [4.69, 9.17) is 0 Å². The zero-order valence-corrected chi connectivity index (χ0v) is 15.8. The number of nitrogens with one attached hydrogen (secondary N) is 2. The van der Waals surface area contributed by atoms with Crippen molar-refractivity contribution in [3.05, 3.63) is 30.4 Å². The smallest absolute Gasteiger partial charge is 0.180 e. The molecule has 3 rings (SSSR count). The van der Waals surface area contributed by atoms with Crippen molar-refractivity contribution in [1.29, 1.82) is 0 Å². The van der Waals surface area contributed by atoms with Gasteiger partial charge in [-0.1, -0.05) is 19.9 Å². The zero-order valence-electron chi connectivity index (χ0n) is 15.8. The van der Waals surface area contributed by atoms with Crippen molar-refractivity contribution in [2.24, 2.45) is 10.9 Å². The first-order valence-corrected chi connectivity index (χ1v) is 9.19. The molecule has 6 heteroatoms. The molecule has 25 heavy (non-hydrogen) atoms. The lowest BCUT2D eigenvalue weighted by atomic mass is 9.98. The number of aromatic nitrogens is 3. The third-order valence-corrected chi connectivity index (χ3v) is 4.32. The topological polar surface area (TPSA) is 66.6 Å². The van der Waals surface area contributed by atoms with Gasteiger partial charge in [0.15, 0.2) is 11.5 Å². The molecule has 0 unspecified atom stereocenters. The van der Waals surface area contributed by atoms with Gasteiger partial charge in [0.1, 0.15) is 0 Å². The molecule has 0 aromatic carbocycles. The maximum absolute atomic E-state index is 4.56. The SMILES string of the molecule is C/C=C(\C=NC)c1cnc2c(NCC3CCNCC3)nccn12.CC. The molecule has 6 nitrogen and oxygen atoms in total. The lowest BCUT2D eigenvalue weighted by molar-refractivity contribution is 0.389. The van der Waals surface area contributed by atoms with E-state index in [0.29, 0.717) is 5.92 Å². The number of fused-ring (bicyclic) bond motifs is 1. The molecule has 2 aromatic rings. The number of anilines is 1. The number of piperidine rings is 1. The minimum Gasteiger partial charge on any atom is -0.367 e. The van der Waals surface area contributed by atoms with Crippen molar-refractivity contribution in [3.8, 4) is 0 Å². The lowest BCUT2D eigenvalue weighted by Gasteiger charge is -2.23. The highest BCUT2D eigenvalue weighted by Crippen LogP contribution is 2.20. The Labute approximate surface area is 150 Å². The Hall–Kier alpha value is -2.21. The summed E-state index contributed by atoms with van der Waals surface area (Å²) in [5.74, 6) is 1.55. The number of rotatable bonds is 5. The number of aliphatic imine (C=N–C) groups is 1. The summed E-state index contributed by atoms with van der Waals surface area (Å²) in [6.07, 6.45) is 12.0. The van der Waals surface area contributed by atoms with Crippen molar-refractivity contribution in [2.45, 2.75) is 33.6 Å². The number of allylic oxidation sites excluding steroid dienone is 2. The molecule has 3 heterocycles. The molecule has 1 saturated heterocycles. The molecule has 1 aliphatic heterocycles. The minimum atomic E-state index is 0.700. The third kappa shape index (κ3) is 4.66. The molecule has 0 atom stereocenters. The predicted octanol–water partition coefficient (Wildman–Crippen LogP) is 3.27. The quantitative estimate of drug-likeness (QED) is 0.819. The average molecular weight is 342 g/mol. The van der Waals surface area contributed by atoms with E-state index < -0.39 is 0 Å². The van der Waals surface area contributed by atoms with Crippen molar-refractivity contribution in [3.63, 3.8) is 0 Å². The summed E-state index contributed by atoms with van der Waals surface area (Å²) in [6, 6.07) is 0. The Morgan fingerprint density at radius 3 is 2.80 bits per heavy atom. The third-order valence-electron chi connectivity index (χ3n) is 4.32. The lowest BCUT2D eigenvalue weighted by Crippen LogP contribution is -2.31. The second-order valence-corrected chi connectivity index (χ2v) is 5.82. The van der Waals surface area contributed by atoms with Gasteiger partial charge in [0.05, 0.1) is 11.9 Å². The summed E-state index contributed by atoms with van der Waals surface area (Å²) in [5.41, 5.74) is 2.94. The molecule has 136 valence electrons. The average Bonchev–Trinajstić information content (AvgIpc) is 3.11. The molecular formula is C19H30N6. The molecule has 0 amide bonds. The largest absolute Gasteiger partial charge is 0.367 e. The predicted molar refractivity (Wildman–Crippen MR) is 106 cm³/mol. The van der Waals surface area contributed by atoms with Gasteiger partial charge in [-0.15, -0.1) is 0 Å². The second-order valence-electron chi connectivity index (χ2n) is 5.82. The molecule has 0 radical (unpaired) electrons. The van der Waals surface area contributed by atoms with Crippen LogP contribution in [0.3, 0.4) is 0 Å². The number of hydrogen-bond donors (Lipinski definition) is 2. The van der Waals surface area contributed by atoms with Crippen LogP contribution in [0.2, 0.25) is 0 Å². The van der Waals surface area contributed by atoms with Crippen LogP contribution < -0.4 is 10.6 Å². The molecular weight excluding hydrogens is 312 g/mol. The van der Waals surface area contributed by atoms with Crippen LogP contribution in [0.5, 0.6) is 0 Å². The first-order valence-electron chi connectivity index (χ1n) is 9.19. The maximum Gasteiger partial charge on any atom is 0.180 e. The Bertz CT molecular complexity index is 710. The van der Waals surface area contributed by atoms with Gasteiger partial charge in [-0.05, 0) is 38.8 Å². The normalized spacial score (nSPS) is 16.1. The summed E-state index contributed by atoms with van der Waals surface area (Å²) in [6.45, 7) is 9.17. The van der Waals surface area contributed by atoms with E-state index in [1.165, 1.54) is 12.8 Å². The molecule has 0 spiro atoms. The summed E-state index contributed by atoms with van der Waals surface area (Å²) < 4.78 is 2.06. The molecule has 1 aliphatic rings. The van der Waals surface area contributed by atoms with Crippen molar-refractivity contribution >= 4 is 23.3 Å². The number of imidazole rings is 1. The summed E-state index contributed by atoms with van der Waals surface area (Å²) in [5, 5.41) is 6.88. The molecule has 0 bridgehead atoms. The van der Waals surface area contributed by atoms with Gasteiger partial charge < -0.3 is 10.6 Å². The van der Waals surface area contributed by atoms with E-state index in [1.54, 1.807) is 7.05 Å². The highest BCUT2D eigenvalue weighted by molar-refractivity contribution is 6.09. The van der Waals surface area contributed by atoms with E-state index in [9.17, 15) is 0 Å². The van der Waals surface area contributed by atoms with Crippen LogP contribution in [0.15, 0.2) is 29.7 Å². The Kier molecular flexibility index (Phi) is 7.60. The van der Waals surface area contributed by atoms with E-state index in [0.717, 1.165) is 42.4 Å². The van der Waals surface area contributed by atoms with Gasteiger partial charge in [0.2, 0.25) is 0 Å². The Balaban J connectivity index is 0.00000109. The van der Waals surface area contributed by atoms with Crippen molar-refractivity contribution in [2.75, 3.05) is 32.0 Å². The van der Waals surface area contributed by atoms with Gasteiger partial charge in [-0.3, -0.25) is 9.39 Å². The Morgan fingerprint density at radius 2 is 2.12 bits per heavy atom. The van der Waals surface area contributed by atoms with Crippen LogP contribution in [0.25, 0.3) is 11.2 Å². The molecule has 0 saturated carbocycles. The number of hydrogen-bond acceptors (Lipinski definition) is 5. The van der Waals surface area contributed by atoms with Crippen LogP contribution in [-0.2, 0) is 0 Å². The molecule has 0 aliphatic carbocycles. The van der Waals surface area contributed by atoms with Gasteiger partial charge in [-0.25, -0.2) is 9.97 Å². The fourth-order valence-electron chi connectivity index (χ4n) is 3.01. The first-order chi connectivity index (χ1) is 12.3. The van der Waals surface area contributed by atoms with E-state index in [1.807, 2.05) is 51.7 Å².